The van der Waals surface area contributed by atoms with E-state index < -0.39 is 0 Å². The third-order valence-electron chi connectivity index (χ3n) is 3.09. The molecule has 0 aliphatic heterocycles. The van der Waals surface area contributed by atoms with Crippen LogP contribution in [0.2, 0.25) is 0 Å². The zero-order valence-electron chi connectivity index (χ0n) is 12.5. The molecule has 6 heteroatoms. The molecule has 0 fully saturated rings. The summed E-state index contributed by atoms with van der Waals surface area (Å²) in [5.74, 6) is 3.57. The summed E-state index contributed by atoms with van der Waals surface area (Å²) >= 11 is 1.72. The molecule has 3 aromatic rings. The van der Waals surface area contributed by atoms with Crippen molar-refractivity contribution in [3.8, 4) is 5.82 Å². The number of hydrogen-bond donors (Lipinski definition) is 0. The highest BCUT2D eigenvalue weighted by Crippen LogP contribution is 2.23. The van der Waals surface area contributed by atoms with Crippen LogP contribution in [-0.4, -0.2) is 24.7 Å². The number of pyridine rings is 2. The van der Waals surface area contributed by atoms with Crippen LogP contribution in [0, 0.1) is 0 Å². The zero-order chi connectivity index (χ0) is 15.4. The maximum atomic E-state index is 4.68. The maximum Gasteiger partial charge on any atom is 0.155 e. The van der Waals surface area contributed by atoms with Crippen LogP contribution < -0.4 is 0 Å². The molecule has 0 spiro atoms. The molecule has 22 heavy (non-hydrogen) atoms. The Kier molecular flexibility index (Phi) is 4.48. The number of thioether (sulfide) groups is 1. The van der Waals surface area contributed by atoms with Gasteiger partial charge in [0.05, 0.1) is 5.75 Å². The quantitative estimate of drug-likeness (QED) is 0.675. The van der Waals surface area contributed by atoms with Gasteiger partial charge in [0.25, 0.3) is 0 Å². The highest BCUT2D eigenvalue weighted by atomic mass is 32.2. The Bertz CT molecular complexity index is 725. The van der Waals surface area contributed by atoms with E-state index in [0.717, 1.165) is 28.1 Å². The first-order chi connectivity index (χ1) is 10.7. The lowest BCUT2D eigenvalue weighted by molar-refractivity contribution is 0.741. The summed E-state index contributed by atoms with van der Waals surface area (Å²) < 4.78 is 1.84. The molecule has 0 amide bonds. The molecule has 0 unspecified atom stereocenters. The molecule has 0 saturated carbocycles. The van der Waals surface area contributed by atoms with Crippen molar-refractivity contribution in [3.05, 3.63) is 60.6 Å². The minimum absolute atomic E-state index is 0.287. The second kappa shape index (κ2) is 6.70. The van der Waals surface area contributed by atoms with Crippen molar-refractivity contribution in [1.29, 1.82) is 0 Å². The lowest BCUT2D eigenvalue weighted by Gasteiger charge is -2.04. The van der Waals surface area contributed by atoms with E-state index in [4.69, 9.17) is 0 Å². The van der Waals surface area contributed by atoms with Gasteiger partial charge in [0, 0.05) is 29.4 Å². The molecule has 0 aliphatic rings. The molecular formula is C16H17N5S. The monoisotopic (exact) mass is 311 g/mol. The van der Waals surface area contributed by atoms with Gasteiger partial charge in [-0.2, -0.15) is 4.68 Å². The van der Waals surface area contributed by atoms with Crippen LogP contribution >= 0.6 is 11.8 Å². The smallest absolute Gasteiger partial charge is 0.155 e. The third-order valence-corrected chi connectivity index (χ3v) is 4.10. The van der Waals surface area contributed by atoms with Crippen molar-refractivity contribution >= 4 is 11.8 Å². The second-order valence-electron chi connectivity index (χ2n) is 5.11. The average Bonchev–Trinajstić information content (AvgIpc) is 2.99. The molecule has 3 rings (SSSR count). The molecule has 0 aromatic carbocycles. The van der Waals surface area contributed by atoms with E-state index >= 15 is 0 Å². The fourth-order valence-corrected chi connectivity index (χ4v) is 2.74. The van der Waals surface area contributed by atoms with Crippen LogP contribution in [0.3, 0.4) is 0 Å². The molecule has 3 heterocycles. The van der Waals surface area contributed by atoms with Gasteiger partial charge >= 0.3 is 0 Å². The third kappa shape index (κ3) is 3.33. The largest absolute Gasteiger partial charge is 0.265 e. The fourth-order valence-electron chi connectivity index (χ4n) is 1.94. The number of rotatable bonds is 5. The summed E-state index contributed by atoms with van der Waals surface area (Å²) in [6.07, 6.45) is 5.36. The van der Waals surface area contributed by atoms with E-state index in [-0.39, 0.29) is 5.92 Å². The first-order valence-electron chi connectivity index (χ1n) is 7.14. The van der Waals surface area contributed by atoms with Gasteiger partial charge in [0.15, 0.2) is 11.6 Å². The van der Waals surface area contributed by atoms with Gasteiger partial charge in [-0.15, -0.1) is 16.9 Å². The first-order valence-corrected chi connectivity index (χ1v) is 8.12. The van der Waals surface area contributed by atoms with Crippen LogP contribution in [0.4, 0.5) is 0 Å². The van der Waals surface area contributed by atoms with E-state index in [2.05, 4.69) is 33.9 Å². The van der Waals surface area contributed by atoms with Gasteiger partial charge in [-0.1, -0.05) is 19.9 Å². The van der Waals surface area contributed by atoms with Crippen LogP contribution in [0.5, 0.6) is 0 Å². The van der Waals surface area contributed by atoms with Gasteiger partial charge in [0.2, 0.25) is 0 Å². The molecule has 3 aromatic heterocycles. The summed E-state index contributed by atoms with van der Waals surface area (Å²) in [4.78, 5) is 14.3. The normalized spacial score (nSPS) is 11.0. The fraction of sp³-hybridized carbons (Fsp3) is 0.250. The minimum Gasteiger partial charge on any atom is -0.265 e. The predicted octanol–water partition coefficient (Wildman–Crippen LogP) is 3.47. The van der Waals surface area contributed by atoms with E-state index in [1.165, 1.54) is 0 Å². The number of aromatic nitrogens is 5. The van der Waals surface area contributed by atoms with E-state index in [9.17, 15) is 0 Å². The van der Waals surface area contributed by atoms with Crippen molar-refractivity contribution in [2.24, 2.45) is 0 Å². The van der Waals surface area contributed by atoms with Crippen LogP contribution in [0.1, 0.15) is 31.4 Å². The molecule has 5 nitrogen and oxygen atoms in total. The van der Waals surface area contributed by atoms with Gasteiger partial charge in [-0.3, -0.25) is 4.98 Å². The second-order valence-corrected chi connectivity index (χ2v) is 6.16. The number of hydrogen-bond acceptors (Lipinski definition) is 5. The van der Waals surface area contributed by atoms with Gasteiger partial charge < -0.3 is 0 Å². The van der Waals surface area contributed by atoms with E-state index in [1.807, 2.05) is 35.0 Å². The molecule has 0 atom stereocenters. The van der Waals surface area contributed by atoms with Crippen LogP contribution in [0.15, 0.2) is 53.8 Å². The summed E-state index contributed by atoms with van der Waals surface area (Å²) in [7, 11) is 0. The maximum absolute atomic E-state index is 4.68. The number of nitrogens with zero attached hydrogens (tertiary/aromatic N) is 5. The molecule has 0 saturated heterocycles. The summed E-state index contributed by atoms with van der Waals surface area (Å²) in [6.45, 7) is 4.19. The summed E-state index contributed by atoms with van der Waals surface area (Å²) in [5, 5.41) is 4.61. The van der Waals surface area contributed by atoms with E-state index in [1.54, 1.807) is 30.4 Å². The Morgan fingerprint density at radius 3 is 2.59 bits per heavy atom. The average molecular weight is 311 g/mol. The highest BCUT2D eigenvalue weighted by Gasteiger charge is 2.14. The van der Waals surface area contributed by atoms with Gasteiger partial charge in [-0.05, 0) is 24.3 Å². The highest BCUT2D eigenvalue weighted by molar-refractivity contribution is 7.98. The SMILES string of the molecule is CC(C)c1nc(CSc2ccncc2)n(-c2ccccn2)n1. The lowest BCUT2D eigenvalue weighted by atomic mass is 10.2. The predicted molar refractivity (Wildman–Crippen MR) is 87.0 cm³/mol. The lowest BCUT2D eigenvalue weighted by Crippen LogP contribution is -2.04. The Labute approximate surface area is 133 Å². The van der Waals surface area contributed by atoms with Crippen molar-refractivity contribution in [3.63, 3.8) is 0 Å². The zero-order valence-corrected chi connectivity index (χ0v) is 13.4. The summed E-state index contributed by atoms with van der Waals surface area (Å²) in [5.41, 5.74) is 0. The Morgan fingerprint density at radius 1 is 1.09 bits per heavy atom. The van der Waals surface area contributed by atoms with Crippen LogP contribution in [-0.2, 0) is 5.75 Å². The van der Waals surface area contributed by atoms with Crippen molar-refractivity contribution in [2.75, 3.05) is 0 Å². The molecule has 0 aliphatic carbocycles. The topological polar surface area (TPSA) is 56.5 Å². The van der Waals surface area contributed by atoms with Crippen LogP contribution in [0.25, 0.3) is 5.82 Å². The molecule has 0 bridgehead atoms. The standard InChI is InChI=1S/C16H17N5S/c1-12(2)16-19-15(11-22-13-6-9-17-10-7-13)21(20-16)14-5-3-4-8-18-14/h3-10,12H,11H2,1-2H3. The Hall–Kier alpha value is -2.21. The van der Waals surface area contributed by atoms with Crippen molar-refractivity contribution < 1.29 is 0 Å². The van der Waals surface area contributed by atoms with E-state index in [0.29, 0.717) is 0 Å². The minimum atomic E-state index is 0.287. The van der Waals surface area contributed by atoms with Crippen molar-refractivity contribution in [1.82, 2.24) is 24.7 Å². The van der Waals surface area contributed by atoms with Gasteiger partial charge in [0.1, 0.15) is 5.82 Å². The molecule has 0 N–H and O–H groups in total. The van der Waals surface area contributed by atoms with Crippen molar-refractivity contribution in [2.45, 2.75) is 30.4 Å². The molecular weight excluding hydrogens is 294 g/mol. The Morgan fingerprint density at radius 2 is 1.91 bits per heavy atom. The Balaban J connectivity index is 1.89. The molecule has 112 valence electrons. The first kappa shape index (κ1) is 14.7. The summed E-state index contributed by atoms with van der Waals surface area (Å²) in [6, 6.07) is 9.79. The van der Waals surface area contributed by atoms with Gasteiger partial charge in [-0.25, -0.2) is 9.97 Å². The molecule has 0 radical (unpaired) electrons.